The second-order valence-corrected chi connectivity index (χ2v) is 7.74. The maximum atomic E-state index is 12.1. The number of H-pyrrole nitrogens is 1. The van der Waals surface area contributed by atoms with Gasteiger partial charge in [-0.1, -0.05) is 6.07 Å². The van der Waals surface area contributed by atoms with E-state index in [1.807, 2.05) is 17.5 Å². The molecule has 0 aliphatic rings. The average molecular weight is 342 g/mol. The minimum absolute atomic E-state index is 0.253. The maximum Gasteiger partial charge on any atom is 0.355 e. The Kier molecular flexibility index (Phi) is 4.62. The molecule has 2 heterocycles. The maximum absolute atomic E-state index is 12.1. The Morgan fingerprint density at radius 3 is 2.64 bits per heavy atom. The standard InChI is InChI=1S/C14H18N2O4S2/c1-5-20-14(17)12-9(2)11(10-7-6-8-21-10)13(15-12)16(3)22(4,18)19/h6-8,15H,5H2,1-4H3. The Morgan fingerprint density at radius 2 is 2.14 bits per heavy atom. The van der Waals surface area contributed by atoms with E-state index in [4.69, 9.17) is 4.74 Å². The van der Waals surface area contributed by atoms with Gasteiger partial charge in [0.05, 0.1) is 12.9 Å². The van der Waals surface area contributed by atoms with E-state index < -0.39 is 16.0 Å². The number of hydrogen-bond donors (Lipinski definition) is 1. The van der Waals surface area contributed by atoms with Gasteiger partial charge in [-0.25, -0.2) is 13.2 Å². The van der Waals surface area contributed by atoms with Gasteiger partial charge in [0.25, 0.3) is 0 Å². The summed E-state index contributed by atoms with van der Waals surface area (Å²) in [7, 11) is -2.01. The molecule has 0 amide bonds. The molecule has 2 aromatic heterocycles. The van der Waals surface area contributed by atoms with E-state index in [-0.39, 0.29) is 12.3 Å². The van der Waals surface area contributed by atoms with Gasteiger partial charge in [-0.05, 0) is 30.9 Å². The number of nitrogens with zero attached hydrogens (tertiary/aromatic N) is 1. The number of anilines is 1. The smallest absolute Gasteiger partial charge is 0.355 e. The van der Waals surface area contributed by atoms with Crippen molar-refractivity contribution in [1.29, 1.82) is 0 Å². The molecule has 0 aliphatic carbocycles. The number of aromatic amines is 1. The minimum Gasteiger partial charge on any atom is -0.461 e. The van der Waals surface area contributed by atoms with Crippen LogP contribution in [-0.4, -0.2) is 39.3 Å². The molecule has 0 aliphatic heterocycles. The van der Waals surface area contributed by atoms with Gasteiger partial charge < -0.3 is 9.72 Å². The molecule has 2 rings (SSSR count). The SMILES string of the molecule is CCOC(=O)c1[nH]c(N(C)S(C)(=O)=O)c(-c2cccs2)c1C. The molecule has 0 saturated carbocycles. The van der Waals surface area contributed by atoms with E-state index in [0.29, 0.717) is 16.9 Å². The average Bonchev–Trinajstić information content (AvgIpc) is 3.04. The van der Waals surface area contributed by atoms with Crippen molar-refractivity contribution in [1.82, 2.24) is 4.98 Å². The van der Waals surface area contributed by atoms with E-state index in [0.717, 1.165) is 15.4 Å². The molecule has 120 valence electrons. The summed E-state index contributed by atoms with van der Waals surface area (Å²) in [6.07, 6.45) is 1.12. The highest BCUT2D eigenvalue weighted by molar-refractivity contribution is 7.92. The third-order valence-electron chi connectivity index (χ3n) is 3.29. The summed E-state index contributed by atoms with van der Waals surface area (Å²) in [4.78, 5) is 15.8. The Morgan fingerprint density at radius 1 is 1.45 bits per heavy atom. The summed E-state index contributed by atoms with van der Waals surface area (Å²) in [5, 5.41) is 1.90. The predicted molar refractivity (Wildman–Crippen MR) is 88.0 cm³/mol. The minimum atomic E-state index is -3.46. The van der Waals surface area contributed by atoms with E-state index in [1.54, 1.807) is 13.8 Å². The van der Waals surface area contributed by atoms with Crippen LogP contribution >= 0.6 is 11.3 Å². The first-order valence-corrected chi connectivity index (χ1v) is 9.37. The molecule has 0 unspecified atom stereocenters. The molecule has 0 bridgehead atoms. The molecule has 0 aromatic carbocycles. The third-order valence-corrected chi connectivity index (χ3v) is 5.35. The zero-order valence-electron chi connectivity index (χ0n) is 12.8. The fraction of sp³-hybridized carbons (Fsp3) is 0.357. The molecule has 0 saturated heterocycles. The first-order valence-electron chi connectivity index (χ1n) is 6.64. The van der Waals surface area contributed by atoms with Crippen molar-refractivity contribution in [3.8, 4) is 10.4 Å². The number of carbonyl (C=O) groups is 1. The van der Waals surface area contributed by atoms with E-state index in [1.165, 1.54) is 18.4 Å². The summed E-state index contributed by atoms with van der Waals surface area (Å²) >= 11 is 1.48. The number of ether oxygens (including phenoxy) is 1. The first-order chi connectivity index (χ1) is 10.3. The lowest BCUT2D eigenvalue weighted by Crippen LogP contribution is -2.25. The Bertz CT molecular complexity index is 776. The van der Waals surface area contributed by atoms with Gasteiger partial charge >= 0.3 is 5.97 Å². The van der Waals surface area contributed by atoms with Crippen molar-refractivity contribution >= 4 is 33.1 Å². The second-order valence-electron chi connectivity index (χ2n) is 4.78. The predicted octanol–water partition coefficient (Wildman–Crippen LogP) is 2.62. The van der Waals surface area contributed by atoms with Gasteiger partial charge in [0.2, 0.25) is 10.0 Å². The third kappa shape index (κ3) is 3.02. The highest BCUT2D eigenvalue weighted by Crippen LogP contribution is 2.38. The molecular formula is C14H18N2O4S2. The molecule has 0 radical (unpaired) electrons. The largest absolute Gasteiger partial charge is 0.461 e. The van der Waals surface area contributed by atoms with E-state index in [2.05, 4.69) is 4.98 Å². The molecule has 6 nitrogen and oxygen atoms in total. The number of hydrogen-bond acceptors (Lipinski definition) is 5. The zero-order chi connectivity index (χ0) is 16.5. The number of carbonyl (C=O) groups excluding carboxylic acids is 1. The fourth-order valence-corrected chi connectivity index (χ4v) is 3.41. The van der Waals surface area contributed by atoms with Crippen molar-refractivity contribution in [3.05, 3.63) is 28.8 Å². The molecule has 0 atom stereocenters. The van der Waals surface area contributed by atoms with E-state index >= 15 is 0 Å². The number of sulfonamides is 1. The monoisotopic (exact) mass is 342 g/mol. The van der Waals surface area contributed by atoms with Gasteiger partial charge in [0, 0.05) is 17.5 Å². The first kappa shape index (κ1) is 16.6. The van der Waals surface area contributed by atoms with Crippen LogP contribution in [0.25, 0.3) is 10.4 Å². The van der Waals surface area contributed by atoms with Crippen LogP contribution < -0.4 is 4.31 Å². The normalized spacial score (nSPS) is 11.5. The highest BCUT2D eigenvalue weighted by atomic mass is 32.2. The molecule has 22 heavy (non-hydrogen) atoms. The molecule has 0 fully saturated rings. The quantitative estimate of drug-likeness (QED) is 0.847. The summed E-state index contributed by atoms with van der Waals surface area (Å²) in [6, 6.07) is 3.76. The Labute approximate surface area is 133 Å². The van der Waals surface area contributed by atoms with E-state index in [9.17, 15) is 13.2 Å². The van der Waals surface area contributed by atoms with Crippen molar-refractivity contribution in [2.45, 2.75) is 13.8 Å². The van der Waals surface area contributed by atoms with Crippen LogP contribution in [0.1, 0.15) is 23.0 Å². The zero-order valence-corrected chi connectivity index (χ0v) is 14.5. The summed E-state index contributed by atoms with van der Waals surface area (Å²) in [5.74, 6) is -0.128. The van der Waals surface area contributed by atoms with Crippen molar-refractivity contribution in [2.75, 3.05) is 24.2 Å². The summed E-state index contributed by atoms with van der Waals surface area (Å²) in [6.45, 7) is 3.75. The number of thiophene rings is 1. The number of rotatable bonds is 5. The molecular weight excluding hydrogens is 324 g/mol. The molecule has 0 spiro atoms. The van der Waals surface area contributed by atoms with Crippen molar-refractivity contribution in [2.24, 2.45) is 0 Å². The van der Waals surface area contributed by atoms with Gasteiger partial charge in [-0.3, -0.25) is 4.31 Å². The van der Waals surface area contributed by atoms with Gasteiger partial charge in [-0.2, -0.15) is 0 Å². The molecule has 2 aromatic rings. The number of aromatic nitrogens is 1. The number of nitrogens with one attached hydrogen (secondary N) is 1. The van der Waals surface area contributed by atoms with Crippen LogP contribution in [0.4, 0.5) is 5.82 Å². The van der Waals surface area contributed by atoms with Crippen molar-refractivity contribution in [3.63, 3.8) is 0 Å². The van der Waals surface area contributed by atoms with Gasteiger partial charge in [0.15, 0.2) is 0 Å². The van der Waals surface area contributed by atoms with Crippen LogP contribution in [0.3, 0.4) is 0 Å². The van der Waals surface area contributed by atoms with Gasteiger partial charge in [-0.15, -0.1) is 11.3 Å². The second kappa shape index (κ2) is 6.13. The van der Waals surface area contributed by atoms with Crippen LogP contribution in [-0.2, 0) is 14.8 Å². The van der Waals surface area contributed by atoms with Crippen LogP contribution in [0, 0.1) is 6.92 Å². The fourth-order valence-electron chi connectivity index (χ4n) is 2.11. The lowest BCUT2D eigenvalue weighted by atomic mass is 10.1. The van der Waals surface area contributed by atoms with Crippen LogP contribution in [0.5, 0.6) is 0 Å². The van der Waals surface area contributed by atoms with Crippen molar-refractivity contribution < 1.29 is 17.9 Å². The lowest BCUT2D eigenvalue weighted by Gasteiger charge is -2.16. The topological polar surface area (TPSA) is 79.5 Å². The van der Waals surface area contributed by atoms with Crippen LogP contribution in [0.15, 0.2) is 17.5 Å². The molecule has 1 N–H and O–H groups in total. The number of esters is 1. The molecule has 8 heteroatoms. The Hall–Kier alpha value is -1.80. The highest BCUT2D eigenvalue weighted by Gasteiger charge is 2.26. The lowest BCUT2D eigenvalue weighted by molar-refractivity contribution is 0.0519. The van der Waals surface area contributed by atoms with Crippen LogP contribution in [0.2, 0.25) is 0 Å². The van der Waals surface area contributed by atoms with Gasteiger partial charge in [0.1, 0.15) is 11.5 Å². The Balaban J connectivity index is 2.66. The summed E-state index contributed by atoms with van der Waals surface area (Å²) in [5.41, 5.74) is 1.65. The summed E-state index contributed by atoms with van der Waals surface area (Å²) < 4.78 is 29.9.